The van der Waals surface area contributed by atoms with Crippen LogP contribution in [0.25, 0.3) is 10.2 Å². The zero-order valence-corrected chi connectivity index (χ0v) is 16.9. The molecule has 26 heavy (non-hydrogen) atoms. The Morgan fingerprint density at radius 3 is 2.85 bits per heavy atom. The summed E-state index contributed by atoms with van der Waals surface area (Å²) in [5, 5.41) is 0.953. The van der Waals surface area contributed by atoms with E-state index < -0.39 is 0 Å². The lowest BCUT2D eigenvalue weighted by Gasteiger charge is -2.35. The summed E-state index contributed by atoms with van der Waals surface area (Å²) in [6, 6.07) is 0. The third kappa shape index (κ3) is 3.82. The van der Waals surface area contributed by atoms with Gasteiger partial charge in [-0.05, 0) is 40.4 Å². The van der Waals surface area contributed by atoms with Gasteiger partial charge in [0.25, 0.3) is 0 Å². The fourth-order valence-electron chi connectivity index (χ4n) is 3.27. The number of ether oxygens (including phenoxy) is 2. The third-order valence-corrected chi connectivity index (χ3v) is 5.52. The third-order valence-electron chi connectivity index (χ3n) is 4.35. The van der Waals surface area contributed by atoms with E-state index in [0.717, 1.165) is 41.2 Å². The molecule has 1 fully saturated rings. The Hall–Kier alpha value is -1.77. The number of aromatic nitrogens is 2. The smallest absolute Gasteiger partial charge is 0.348 e. The molecule has 0 N–H and O–H groups in total. The maximum atomic E-state index is 12.3. The summed E-state index contributed by atoms with van der Waals surface area (Å²) in [7, 11) is 4.09. The molecule has 0 spiro atoms. The molecule has 0 bridgehead atoms. The topological polar surface area (TPSA) is 67.8 Å². The summed E-state index contributed by atoms with van der Waals surface area (Å²) in [5.74, 6) is 1.31. The fraction of sp³-hybridized carbons (Fsp3) is 0.611. The minimum Gasteiger partial charge on any atom is -0.462 e. The lowest BCUT2D eigenvalue weighted by atomic mass is 10.1. The Kier molecular flexibility index (Phi) is 5.74. The number of carbonyl (C=O) groups is 1. The van der Waals surface area contributed by atoms with Crippen LogP contribution in [0.5, 0.6) is 0 Å². The number of carbonyl (C=O) groups excluding carboxylic acids is 1. The SMILES string of the molecule is CCOC(=O)c1sc2nc(C)nc(N3CCOC(CN(C)C)C3)c2c1C. The van der Waals surface area contributed by atoms with E-state index in [1.807, 2.05) is 34.9 Å². The van der Waals surface area contributed by atoms with E-state index in [2.05, 4.69) is 14.8 Å². The molecule has 3 rings (SSSR count). The number of fused-ring (bicyclic) bond motifs is 1. The largest absolute Gasteiger partial charge is 0.462 e. The molecule has 2 aromatic heterocycles. The van der Waals surface area contributed by atoms with Crippen LogP contribution in [0.2, 0.25) is 0 Å². The number of rotatable bonds is 5. The Balaban J connectivity index is 2.01. The number of aryl methyl sites for hydroxylation is 2. The average Bonchev–Trinajstić information content (AvgIpc) is 2.90. The minimum absolute atomic E-state index is 0.132. The number of hydrogen-bond acceptors (Lipinski definition) is 8. The highest BCUT2D eigenvalue weighted by molar-refractivity contribution is 7.20. The number of likely N-dealkylation sites (N-methyl/N-ethyl adjacent to an activating group) is 1. The Morgan fingerprint density at radius 1 is 1.38 bits per heavy atom. The Bertz CT molecular complexity index is 805. The summed E-state index contributed by atoms with van der Waals surface area (Å²) in [4.78, 5) is 27.4. The van der Waals surface area contributed by atoms with Gasteiger partial charge in [0.05, 0.1) is 24.7 Å². The lowest BCUT2D eigenvalue weighted by Crippen LogP contribution is -2.47. The molecule has 1 saturated heterocycles. The van der Waals surface area contributed by atoms with Gasteiger partial charge >= 0.3 is 5.97 Å². The first-order valence-corrected chi connectivity index (χ1v) is 9.68. The van der Waals surface area contributed by atoms with Crippen LogP contribution in [0.15, 0.2) is 0 Å². The van der Waals surface area contributed by atoms with Crippen LogP contribution in [0, 0.1) is 13.8 Å². The lowest BCUT2D eigenvalue weighted by molar-refractivity contribution is 0.0246. The highest BCUT2D eigenvalue weighted by Crippen LogP contribution is 2.36. The summed E-state index contributed by atoms with van der Waals surface area (Å²) < 4.78 is 11.1. The van der Waals surface area contributed by atoms with Crippen molar-refractivity contribution in [1.82, 2.24) is 14.9 Å². The van der Waals surface area contributed by atoms with Crippen molar-refractivity contribution in [3.63, 3.8) is 0 Å². The number of hydrogen-bond donors (Lipinski definition) is 0. The number of thiophene rings is 1. The summed E-state index contributed by atoms with van der Waals surface area (Å²) in [5.41, 5.74) is 0.897. The van der Waals surface area contributed by atoms with Gasteiger partial charge in [-0.1, -0.05) is 0 Å². The first-order valence-electron chi connectivity index (χ1n) is 8.86. The van der Waals surface area contributed by atoms with E-state index in [1.165, 1.54) is 11.3 Å². The average molecular weight is 378 g/mol. The molecule has 1 atom stereocenters. The van der Waals surface area contributed by atoms with Gasteiger partial charge in [-0.3, -0.25) is 0 Å². The molecule has 0 saturated carbocycles. The molecule has 1 unspecified atom stereocenters. The van der Waals surface area contributed by atoms with Crippen molar-refractivity contribution in [2.75, 3.05) is 51.8 Å². The minimum atomic E-state index is -0.288. The number of morpholine rings is 1. The van der Waals surface area contributed by atoms with Crippen LogP contribution in [0.1, 0.15) is 28.0 Å². The molecule has 0 aromatic carbocycles. The van der Waals surface area contributed by atoms with Gasteiger partial charge in [-0.25, -0.2) is 14.8 Å². The van der Waals surface area contributed by atoms with Crippen LogP contribution in [-0.4, -0.2) is 73.9 Å². The zero-order chi connectivity index (χ0) is 18.8. The van der Waals surface area contributed by atoms with Gasteiger partial charge in [0, 0.05) is 19.6 Å². The van der Waals surface area contributed by atoms with E-state index in [1.54, 1.807) is 0 Å². The molecule has 8 heteroatoms. The van der Waals surface area contributed by atoms with Crippen molar-refractivity contribution >= 4 is 33.3 Å². The van der Waals surface area contributed by atoms with E-state index in [4.69, 9.17) is 14.5 Å². The van der Waals surface area contributed by atoms with Gasteiger partial charge in [0.1, 0.15) is 21.3 Å². The van der Waals surface area contributed by atoms with Crippen molar-refractivity contribution in [1.29, 1.82) is 0 Å². The zero-order valence-electron chi connectivity index (χ0n) is 16.0. The molecule has 1 aliphatic rings. The standard InChI is InChI=1S/C18H26N4O3S/c1-6-24-18(23)15-11(2)14-16(19-12(3)20-17(14)26-15)22-7-8-25-13(10-22)9-21(4)5/h13H,6-10H2,1-5H3. The van der Waals surface area contributed by atoms with E-state index in [-0.39, 0.29) is 12.1 Å². The first kappa shape index (κ1) is 19.0. The van der Waals surface area contributed by atoms with Crippen LogP contribution in [0.4, 0.5) is 5.82 Å². The number of anilines is 1. The first-order chi connectivity index (χ1) is 12.4. The van der Waals surface area contributed by atoms with Gasteiger partial charge in [0.2, 0.25) is 0 Å². The highest BCUT2D eigenvalue weighted by Gasteiger charge is 2.27. The van der Waals surface area contributed by atoms with Crippen molar-refractivity contribution in [2.24, 2.45) is 0 Å². The number of esters is 1. The summed E-state index contributed by atoms with van der Waals surface area (Å²) in [6.07, 6.45) is 0.132. The van der Waals surface area contributed by atoms with Crippen molar-refractivity contribution < 1.29 is 14.3 Å². The van der Waals surface area contributed by atoms with Gasteiger partial charge < -0.3 is 19.3 Å². The van der Waals surface area contributed by atoms with Gasteiger partial charge in [-0.15, -0.1) is 11.3 Å². The second kappa shape index (κ2) is 7.85. The van der Waals surface area contributed by atoms with Crippen LogP contribution in [-0.2, 0) is 9.47 Å². The molecular weight excluding hydrogens is 352 g/mol. The highest BCUT2D eigenvalue weighted by atomic mass is 32.1. The fourth-order valence-corrected chi connectivity index (χ4v) is 4.39. The van der Waals surface area contributed by atoms with Crippen molar-refractivity contribution in [2.45, 2.75) is 26.9 Å². The second-order valence-electron chi connectivity index (χ2n) is 6.75. The predicted molar refractivity (Wildman–Crippen MR) is 103 cm³/mol. The van der Waals surface area contributed by atoms with Gasteiger partial charge in [0.15, 0.2) is 0 Å². The molecule has 142 valence electrons. The van der Waals surface area contributed by atoms with E-state index in [0.29, 0.717) is 23.9 Å². The predicted octanol–water partition coefficient (Wildman–Crippen LogP) is 2.25. The van der Waals surface area contributed by atoms with Crippen LogP contribution < -0.4 is 4.90 Å². The molecule has 7 nitrogen and oxygen atoms in total. The quantitative estimate of drug-likeness (QED) is 0.739. The van der Waals surface area contributed by atoms with Gasteiger partial charge in [-0.2, -0.15) is 0 Å². The van der Waals surface area contributed by atoms with Crippen LogP contribution >= 0.6 is 11.3 Å². The second-order valence-corrected chi connectivity index (χ2v) is 7.75. The van der Waals surface area contributed by atoms with Crippen LogP contribution in [0.3, 0.4) is 0 Å². The molecule has 1 aliphatic heterocycles. The van der Waals surface area contributed by atoms with E-state index >= 15 is 0 Å². The molecular formula is C18H26N4O3S. The molecule has 0 amide bonds. The van der Waals surface area contributed by atoms with Crippen molar-refractivity contribution in [3.05, 3.63) is 16.3 Å². The molecule has 3 heterocycles. The maximum Gasteiger partial charge on any atom is 0.348 e. The Labute approximate surface area is 157 Å². The molecule has 0 aliphatic carbocycles. The molecule has 0 radical (unpaired) electrons. The normalized spacial score (nSPS) is 17.9. The Morgan fingerprint density at radius 2 is 2.15 bits per heavy atom. The number of nitrogens with zero attached hydrogens (tertiary/aromatic N) is 4. The van der Waals surface area contributed by atoms with Crippen molar-refractivity contribution in [3.8, 4) is 0 Å². The molecule has 2 aromatic rings. The van der Waals surface area contributed by atoms with E-state index in [9.17, 15) is 4.79 Å². The summed E-state index contributed by atoms with van der Waals surface area (Å²) in [6.45, 7) is 9.09. The summed E-state index contributed by atoms with van der Waals surface area (Å²) >= 11 is 1.38. The monoisotopic (exact) mass is 378 g/mol. The maximum absolute atomic E-state index is 12.3.